The Morgan fingerprint density at radius 3 is 2.55 bits per heavy atom. The zero-order valence-corrected chi connectivity index (χ0v) is 13.6. The molecule has 0 aromatic heterocycles. The van der Waals surface area contributed by atoms with Gasteiger partial charge in [0, 0.05) is 24.7 Å². The summed E-state index contributed by atoms with van der Waals surface area (Å²) in [5, 5.41) is 2.83. The second-order valence-corrected chi connectivity index (χ2v) is 8.24. The third-order valence-corrected chi connectivity index (χ3v) is 6.40. The minimum atomic E-state index is -3.45. The molecule has 1 aliphatic carbocycles. The molecule has 1 aliphatic heterocycles. The first kappa shape index (κ1) is 15.5. The summed E-state index contributed by atoms with van der Waals surface area (Å²) in [4.78, 5) is 12.2. The average Bonchev–Trinajstić information content (AvgIpc) is 3.25. The van der Waals surface area contributed by atoms with Gasteiger partial charge in [0.05, 0.1) is 4.90 Å². The number of sulfonamides is 1. The molecule has 1 saturated heterocycles. The average molecular weight is 322 g/mol. The Morgan fingerprint density at radius 1 is 1.23 bits per heavy atom. The minimum absolute atomic E-state index is 0.0139. The van der Waals surface area contributed by atoms with Crippen LogP contribution in [0.5, 0.6) is 0 Å². The lowest BCUT2D eigenvalue weighted by atomic mass is 10.2. The first-order chi connectivity index (χ1) is 10.5. The number of carbonyl (C=O) groups excluding carboxylic acids is 1. The Kier molecular flexibility index (Phi) is 4.23. The second kappa shape index (κ2) is 6.01. The van der Waals surface area contributed by atoms with Gasteiger partial charge in [0.15, 0.2) is 0 Å². The molecule has 2 fully saturated rings. The molecule has 0 radical (unpaired) electrons. The van der Waals surface area contributed by atoms with E-state index >= 15 is 0 Å². The van der Waals surface area contributed by atoms with Crippen LogP contribution in [-0.2, 0) is 14.8 Å². The lowest BCUT2D eigenvalue weighted by molar-refractivity contribution is -0.117. The summed E-state index contributed by atoms with van der Waals surface area (Å²) in [6.45, 7) is 3.21. The van der Waals surface area contributed by atoms with Crippen LogP contribution in [0.1, 0.15) is 32.6 Å². The van der Waals surface area contributed by atoms with Gasteiger partial charge in [-0.05, 0) is 43.4 Å². The Balaban J connectivity index is 1.76. The zero-order valence-electron chi connectivity index (χ0n) is 12.8. The highest BCUT2D eigenvalue weighted by Crippen LogP contribution is 2.38. The van der Waals surface area contributed by atoms with Gasteiger partial charge in [0.2, 0.25) is 15.9 Å². The fraction of sp³-hybridized carbons (Fsp3) is 0.562. The van der Waals surface area contributed by atoms with Crippen molar-refractivity contribution >= 4 is 21.6 Å². The van der Waals surface area contributed by atoms with Crippen molar-refractivity contribution in [2.24, 2.45) is 11.8 Å². The van der Waals surface area contributed by atoms with Crippen LogP contribution < -0.4 is 5.32 Å². The van der Waals surface area contributed by atoms with Gasteiger partial charge < -0.3 is 5.32 Å². The van der Waals surface area contributed by atoms with Crippen LogP contribution in [0.25, 0.3) is 0 Å². The first-order valence-corrected chi connectivity index (χ1v) is 9.33. The number of amides is 1. The molecule has 1 amide bonds. The van der Waals surface area contributed by atoms with Crippen LogP contribution in [0.2, 0.25) is 0 Å². The number of carbonyl (C=O) groups is 1. The number of nitrogens with zero attached hydrogens (tertiary/aromatic N) is 1. The lowest BCUT2D eigenvalue weighted by Gasteiger charge is -2.26. The van der Waals surface area contributed by atoms with Crippen LogP contribution in [0.3, 0.4) is 0 Å². The van der Waals surface area contributed by atoms with Crippen molar-refractivity contribution in [3.63, 3.8) is 0 Å². The third kappa shape index (κ3) is 3.17. The molecule has 1 heterocycles. The molecular weight excluding hydrogens is 300 g/mol. The van der Waals surface area contributed by atoms with Crippen molar-refractivity contribution in [3.05, 3.63) is 24.3 Å². The maximum Gasteiger partial charge on any atom is 0.243 e. The van der Waals surface area contributed by atoms with Gasteiger partial charge in [-0.15, -0.1) is 0 Å². The van der Waals surface area contributed by atoms with E-state index in [9.17, 15) is 13.2 Å². The van der Waals surface area contributed by atoms with Crippen molar-refractivity contribution < 1.29 is 13.2 Å². The number of piperidine rings is 1. The number of benzene rings is 1. The summed E-state index contributed by atoms with van der Waals surface area (Å²) in [6.07, 6.45) is 3.82. The highest BCUT2D eigenvalue weighted by atomic mass is 32.2. The van der Waals surface area contributed by atoms with Gasteiger partial charge in [0.25, 0.3) is 0 Å². The van der Waals surface area contributed by atoms with E-state index in [2.05, 4.69) is 5.32 Å². The van der Waals surface area contributed by atoms with E-state index in [0.717, 1.165) is 25.7 Å². The Labute approximate surface area is 131 Å². The number of hydrogen-bond acceptors (Lipinski definition) is 3. The fourth-order valence-corrected chi connectivity index (χ4v) is 4.47. The second-order valence-electron chi connectivity index (χ2n) is 6.30. The quantitative estimate of drug-likeness (QED) is 0.926. The van der Waals surface area contributed by atoms with Crippen LogP contribution in [0, 0.1) is 11.8 Å². The van der Waals surface area contributed by atoms with Crippen molar-refractivity contribution in [1.29, 1.82) is 0 Å². The molecule has 1 N–H and O–H groups in total. The van der Waals surface area contributed by atoms with E-state index in [-0.39, 0.29) is 16.7 Å². The molecule has 1 aromatic rings. The summed E-state index contributed by atoms with van der Waals surface area (Å²) in [5.74, 6) is 0.489. The summed E-state index contributed by atoms with van der Waals surface area (Å²) >= 11 is 0. The van der Waals surface area contributed by atoms with Gasteiger partial charge in [-0.3, -0.25) is 4.79 Å². The summed E-state index contributed by atoms with van der Waals surface area (Å²) in [7, 11) is -3.45. The van der Waals surface area contributed by atoms with Gasteiger partial charge in [0.1, 0.15) is 0 Å². The lowest BCUT2D eigenvalue weighted by Crippen LogP contribution is -2.35. The largest absolute Gasteiger partial charge is 0.326 e. The van der Waals surface area contributed by atoms with E-state index in [0.29, 0.717) is 24.7 Å². The molecular formula is C16H22N2O3S. The van der Waals surface area contributed by atoms with E-state index < -0.39 is 10.0 Å². The normalized spacial score (nSPS) is 25.7. The standard InChI is InChI=1S/C16H22N2O3S/c1-12-10-15(12)16(19)17-13-6-5-7-14(11-13)22(20,21)18-8-3-2-4-9-18/h5-7,11-12,15H,2-4,8-10H2,1H3,(H,17,19). The fourth-order valence-electron chi connectivity index (χ4n) is 2.91. The summed E-state index contributed by atoms with van der Waals surface area (Å²) in [5.41, 5.74) is 0.558. The van der Waals surface area contributed by atoms with Crippen molar-refractivity contribution in [2.75, 3.05) is 18.4 Å². The predicted octanol–water partition coefficient (Wildman–Crippen LogP) is 2.46. The topological polar surface area (TPSA) is 66.5 Å². The number of hydrogen-bond donors (Lipinski definition) is 1. The Hall–Kier alpha value is -1.40. The minimum Gasteiger partial charge on any atom is -0.326 e. The zero-order chi connectivity index (χ0) is 15.7. The molecule has 22 heavy (non-hydrogen) atoms. The van der Waals surface area contributed by atoms with E-state index in [1.54, 1.807) is 28.6 Å². The van der Waals surface area contributed by atoms with Crippen LogP contribution >= 0.6 is 0 Å². The molecule has 120 valence electrons. The van der Waals surface area contributed by atoms with Crippen LogP contribution in [0.15, 0.2) is 29.2 Å². The maximum absolute atomic E-state index is 12.6. The number of anilines is 1. The van der Waals surface area contributed by atoms with Crippen LogP contribution in [0.4, 0.5) is 5.69 Å². The van der Waals surface area contributed by atoms with Gasteiger partial charge in [-0.2, -0.15) is 4.31 Å². The molecule has 0 bridgehead atoms. The SMILES string of the molecule is CC1CC1C(=O)Nc1cccc(S(=O)(=O)N2CCCCC2)c1. The Bertz CT molecular complexity index is 666. The van der Waals surface area contributed by atoms with E-state index in [1.807, 2.05) is 6.92 Å². The third-order valence-electron chi connectivity index (χ3n) is 4.50. The smallest absolute Gasteiger partial charge is 0.243 e. The summed E-state index contributed by atoms with van der Waals surface area (Å²) in [6, 6.07) is 6.58. The monoisotopic (exact) mass is 322 g/mol. The molecule has 2 unspecified atom stereocenters. The molecule has 2 aliphatic rings. The van der Waals surface area contributed by atoms with E-state index in [4.69, 9.17) is 0 Å². The number of rotatable bonds is 4. The summed E-state index contributed by atoms with van der Waals surface area (Å²) < 4.78 is 26.8. The van der Waals surface area contributed by atoms with Gasteiger partial charge in [-0.25, -0.2) is 8.42 Å². The first-order valence-electron chi connectivity index (χ1n) is 7.89. The highest BCUT2D eigenvalue weighted by Gasteiger charge is 2.39. The molecule has 0 spiro atoms. The van der Waals surface area contributed by atoms with Gasteiger partial charge in [-0.1, -0.05) is 19.4 Å². The molecule has 5 nitrogen and oxygen atoms in total. The molecule has 1 aromatic carbocycles. The Morgan fingerprint density at radius 2 is 1.91 bits per heavy atom. The number of nitrogens with one attached hydrogen (secondary N) is 1. The van der Waals surface area contributed by atoms with E-state index in [1.165, 1.54) is 0 Å². The van der Waals surface area contributed by atoms with Gasteiger partial charge >= 0.3 is 0 Å². The highest BCUT2D eigenvalue weighted by molar-refractivity contribution is 7.89. The van der Waals surface area contributed by atoms with Crippen LogP contribution in [-0.4, -0.2) is 31.7 Å². The molecule has 3 rings (SSSR count). The molecule has 2 atom stereocenters. The van der Waals surface area contributed by atoms with Crippen molar-refractivity contribution in [2.45, 2.75) is 37.5 Å². The maximum atomic E-state index is 12.6. The molecule has 6 heteroatoms. The van der Waals surface area contributed by atoms with Crippen molar-refractivity contribution in [1.82, 2.24) is 4.31 Å². The molecule has 1 saturated carbocycles. The van der Waals surface area contributed by atoms with Crippen molar-refractivity contribution in [3.8, 4) is 0 Å². The predicted molar refractivity (Wildman–Crippen MR) is 85.0 cm³/mol.